The highest BCUT2D eigenvalue weighted by molar-refractivity contribution is 14.0. The average Bonchev–Trinajstić information content (AvgIpc) is 3.05. The molecular formula is C22H27IN6. The summed E-state index contributed by atoms with van der Waals surface area (Å²) < 4.78 is 1.84. The van der Waals surface area contributed by atoms with Crippen molar-refractivity contribution in [2.45, 2.75) is 46.1 Å². The van der Waals surface area contributed by atoms with E-state index in [1.165, 1.54) is 24.0 Å². The summed E-state index contributed by atoms with van der Waals surface area (Å²) >= 11 is 0. The third kappa shape index (κ3) is 4.95. The number of pyridine rings is 1. The summed E-state index contributed by atoms with van der Waals surface area (Å²) in [6.07, 6.45) is 6.57. The Labute approximate surface area is 188 Å². The molecule has 2 aromatic heterocycles. The quantitative estimate of drug-likeness (QED) is 0.317. The van der Waals surface area contributed by atoms with Gasteiger partial charge in [0.2, 0.25) is 0 Å². The van der Waals surface area contributed by atoms with E-state index in [4.69, 9.17) is 5.73 Å². The Balaban J connectivity index is 0.00000240. The number of nitrogens with one attached hydrogen (secondary N) is 1. The van der Waals surface area contributed by atoms with Crippen LogP contribution in [0.2, 0.25) is 0 Å². The second-order valence-electron chi connectivity index (χ2n) is 7.34. The van der Waals surface area contributed by atoms with E-state index in [1.54, 1.807) is 0 Å². The molecule has 0 amide bonds. The van der Waals surface area contributed by atoms with E-state index < -0.39 is 0 Å². The lowest BCUT2D eigenvalue weighted by Crippen LogP contribution is -2.24. The fraction of sp³-hybridized carbons (Fsp3) is 0.318. The Hall–Kier alpha value is -2.42. The third-order valence-electron chi connectivity index (χ3n) is 5.13. The number of aliphatic imine (C=N–C) groups is 1. The third-order valence-corrected chi connectivity index (χ3v) is 5.13. The first kappa shape index (κ1) is 21.3. The molecule has 0 bridgehead atoms. The molecule has 0 aliphatic heterocycles. The van der Waals surface area contributed by atoms with Gasteiger partial charge in [-0.25, -0.2) is 14.7 Å². The fourth-order valence-corrected chi connectivity index (χ4v) is 3.75. The van der Waals surface area contributed by atoms with Crippen LogP contribution in [0.15, 0.2) is 47.6 Å². The Bertz CT molecular complexity index is 1010. The lowest BCUT2D eigenvalue weighted by atomic mass is 9.90. The van der Waals surface area contributed by atoms with Crippen LogP contribution in [0.1, 0.15) is 40.9 Å². The molecule has 0 unspecified atom stereocenters. The van der Waals surface area contributed by atoms with Gasteiger partial charge in [0.1, 0.15) is 0 Å². The van der Waals surface area contributed by atoms with Crippen LogP contribution in [0.4, 0.5) is 5.69 Å². The van der Waals surface area contributed by atoms with Gasteiger partial charge in [-0.05, 0) is 74.4 Å². The summed E-state index contributed by atoms with van der Waals surface area (Å²) in [7, 11) is 0. The molecule has 1 aliphatic carbocycles. The van der Waals surface area contributed by atoms with Crippen molar-refractivity contribution in [2.75, 3.05) is 5.32 Å². The molecule has 3 N–H and O–H groups in total. The molecule has 152 valence electrons. The molecular weight excluding hydrogens is 475 g/mol. The first-order chi connectivity index (χ1) is 13.6. The molecule has 0 saturated carbocycles. The van der Waals surface area contributed by atoms with Crippen molar-refractivity contribution in [3.63, 3.8) is 0 Å². The molecule has 0 atom stereocenters. The van der Waals surface area contributed by atoms with Crippen molar-refractivity contribution in [1.29, 1.82) is 0 Å². The first-order valence-electron chi connectivity index (χ1n) is 9.76. The predicted octanol–water partition coefficient (Wildman–Crippen LogP) is 4.31. The van der Waals surface area contributed by atoms with Gasteiger partial charge < -0.3 is 11.1 Å². The molecule has 7 heteroatoms. The number of fused-ring (bicyclic) bond motifs is 1. The standard InChI is InChI=1S/C22H26N6.HI/c1-15-12-16(2)28(27-15)21-11-10-17(13-24-21)14-25-22(23)26-20-9-5-7-18-6-3-4-8-19(18)20;/h5,7,9-13H,3-4,6,8,14H2,1-2H3,(H3,23,25,26);1H. The smallest absolute Gasteiger partial charge is 0.193 e. The van der Waals surface area contributed by atoms with Gasteiger partial charge in [-0.3, -0.25) is 0 Å². The summed E-state index contributed by atoms with van der Waals surface area (Å²) in [5.41, 5.74) is 13.1. The Morgan fingerprint density at radius 1 is 1.17 bits per heavy atom. The molecule has 1 aromatic carbocycles. The van der Waals surface area contributed by atoms with Crippen LogP contribution in [0.25, 0.3) is 5.82 Å². The summed E-state index contributed by atoms with van der Waals surface area (Å²) in [5, 5.41) is 7.74. The van der Waals surface area contributed by atoms with E-state index in [0.717, 1.165) is 41.3 Å². The number of nitrogens with zero attached hydrogens (tertiary/aromatic N) is 4. The van der Waals surface area contributed by atoms with Crippen molar-refractivity contribution in [3.8, 4) is 5.82 Å². The molecule has 29 heavy (non-hydrogen) atoms. The number of aryl methyl sites for hydroxylation is 3. The van der Waals surface area contributed by atoms with Crippen LogP contribution < -0.4 is 11.1 Å². The molecule has 0 saturated heterocycles. The maximum atomic E-state index is 6.13. The summed E-state index contributed by atoms with van der Waals surface area (Å²) in [6, 6.07) is 12.4. The highest BCUT2D eigenvalue weighted by Gasteiger charge is 2.13. The van der Waals surface area contributed by atoms with Crippen LogP contribution in [-0.4, -0.2) is 20.7 Å². The van der Waals surface area contributed by atoms with Crippen LogP contribution in [0.3, 0.4) is 0 Å². The van der Waals surface area contributed by atoms with Crippen LogP contribution in [0, 0.1) is 13.8 Å². The van der Waals surface area contributed by atoms with Crippen LogP contribution in [0.5, 0.6) is 0 Å². The minimum absolute atomic E-state index is 0. The van der Waals surface area contributed by atoms with E-state index in [2.05, 4.69) is 38.6 Å². The summed E-state index contributed by atoms with van der Waals surface area (Å²) in [4.78, 5) is 9.00. The zero-order valence-corrected chi connectivity index (χ0v) is 19.2. The summed E-state index contributed by atoms with van der Waals surface area (Å²) in [6.45, 7) is 4.49. The molecule has 4 rings (SSSR count). The van der Waals surface area contributed by atoms with Crippen molar-refractivity contribution >= 4 is 35.6 Å². The number of guanidine groups is 1. The molecule has 0 radical (unpaired) electrons. The minimum Gasteiger partial charge on any atom is -0.370 e. The van der Waals surface area contributed by atoms with E-state index in [0.29, 0.717) is 12.5 Å². The van der Waals surface area contributed by atoms with Gasteiger partial charge in [0.15, 0.2) is 11.8 Å². The number of nitrogens with two attached hydrogens (primary N) is 1. The molecule has 6 nitrogen and oxygen atoms in total. The SMILES string of the molecule is Cc1cc(C)n(-c2ccc(CN=C(N)Nc3cccc4c3CCCC4)cn2)n1.I. The number of halogens is 1. The summed E-state index contributed by atoms with van der Waals surface area (Å²) in [5.74, 6) is 1.24. The Morgan fingerprint density at radius 3 is 2.72 bits per heavy atom. The van der Waals surface area contributed by atoms with Gasteiger partial charge >= 0.3 is 0 Å². The van der Waals surface area contributed by atoms with Gasteiger partial charge in [-0.1, -0.05) is 18.2 Å². The van der Waals surface area contributed by atoms with Gasteiger partial charge in [0.25, 0.3) is 0 Å². The number of hydrogen-bond donors (Lipinski definition) is 2. The molecule has 2 heterocycles. The zero-order valence-electron chi connectivity index (χ0n) is 16.9. The number of rotatable bonds is 4. The van der Waals surface area contributed by atoms with Crippen molar-refractivity contribution in [2.24, 2.45) is 10.7 Å². The van der Waals surface area contributed by atoms with Gasteiger partial charge in [-0.2, -0.15) is 5.10 Å². The molecule has 1 aliphatic rings. The Kier molecular flexibility index (Phi) is 6.89. The van der Waals surface area contributed by atoms with Crippen molar-refractivity contribution in [1.82, 2.24) is 14.8 Å². The van der Waals surface area contributed by atoms with E-state index in [-0.39, 0.29) is 24.0 Å². The van der Waals surface area contributed by atoms with E-state index >= 15 is 0 Å². The lowest BCUT2D eigenvalue weighted by molar-refractivity contribution is 0.687. The maximum absolute atomic E-state index is 6.13. The zero-order chi connectivity index (χ0) is 19.5. The highest BCUT2D eigenvalue weighted by Crippen LogP contribution is 2.27. The van der Waals surface area contributed by atoms with Crippen molar-refractivity contribution in [3.05, 3.63) is 70.7 Å². The molecule has 3 aromatic rings. The molecule has 0 fully saturated rings. The van der Waals surface area contributed by atoms with Gasteiger partial charge in [0, 0.05) is 17.6 Å². The maximum Gasteiger partial charge on any atom is 0.193 e. The predicted molar refractivity (Wildman–Crippen MR) is 128 cm³/mol. The number of aromatic nitrogens is 3. The number of hydrogen-bond acceptors (Lipinski definition) is 3. The first-order valence-corrected chi connectivity index (χ1v) is 9.76. The fourth-order valence-electron chi connectivity index (χ4n) is 3.75. The normalized spacial score (nSPS) is 13.5. The lowest BCUT2D eigenvalue weighted by Gasteiger charge is -2.19. The number of anilines is 1. The van der Waals surface area contributed by atoms with Gasteiger partial charge in [0.05, 0.1) is 12.2 Å². The van der Waals surface area contributed by atoms with E-state index in [1.807, 2.05) is 42.9 Å². The van der Waals surface area contributed by atoms with Crippen LogP contribution in [-0.2, 0) is 19.4 Å². The molecule has 0 spiro atoms. The topological polar surface area (TPSA) is 81.1 Å². The number of benzene rings is 1. The van der Waals surface area contributed by atoms with Crippen LogP contribution >= 0.6 is 24.0 Å². The van der Waals surface area contributed by atoms with Gasteiger partial charge in [-0.15, -0.1) is 24.0 Å². The largest absolute Gasteiger partial charge is 0.370 e. The highest BCUT2D eigenvalue weighted by atomic mass is 127. The van der Waals surface area contributed by atoms with Crippen molar-refractivity contribution < 1.29 is 0 Å². The Morgan fingerprint density at radius 2 is 2.00 bits per heavy atom. The second-order valence-corrected chi connectivity index (χ2v) is 7.34. The monoisotopic (exact) mass is 502 g/mol. The minimum atomic E-state index is 0. The second kappa shape index (κ2) is 9.39. The van der Waals surface area contributed by atoms with E-state index in [9.17, 15) is 0 Å². The average molecular weight is 502 g/mol.